The van der Waals surface area contributed by atoms with Gasteiger partial charge in [-0.3, -0.25) is 19.2 Å². The molecule has 3 saturated carbocycles. The standard InChI is InChI=1S/C34H58N6O7S/c1-33(2,3)25(19-39(6)48(7,46)47)37-32(45)38-26(21-11-9-8-10-12-21)31(44)40-18-23-22(15-16-34(23,4)5)27(40)30(43)36-24(17-20-13-14-20)28(41)29(35)42/h20-27H,8-19H2,1-7H3,(H2,35,42)(H,36,43)(H2,37,38,45)/t22-,23-,24?,25?,26-,27-/m0/s1. The zero-order valence-electron chi connectivity index (χ0n) is 29.8. The molecule has 5 N–H and O–H groups in total. The molecule has 0 spiro atoms. The zero-order valence-corrected chi connectivity index (χ0v) is 30.7. The first-order valence-electron chi connectivity index (χ1n) is 17.6. The summed E-state index contributed by atoms with van der Waals surface area (Å²) in [6.45, 7) is 10.4. The van der Waals surface area contributed by atoms with Crippen LogP contribution in [0.2, 0.25) is 0 Å². The Morgan fingerprint density at radius 1 is 0.958 bits per heavy atom. The number of hydrogen-bond acceptors (Lipinski definition) is 7. The summed E-state index contributed by atoms with van der Waals surface area (Å²) in [6.07, 6.45) is 9.28. The van der Waals surface area contributed by atoms with Gasteiger partial charge in [-0.05, 0) is 66.6 Å². The Hall–Kier alpha value is -2.74. The smallest absolute Gasteiger partial charge is 0.315 e. The van der Waals surface area contributed by atoms with Gasteiger partial charge in [-0.15, -0.1) is 0 Å². The predicted octanol–water partition coefficient (Wildman–Crippen LogP) is 2.14. The van der Waals surface area contributed by atoms with Crippen molar-refractivity contribution in [1.29, 1.82) is 0 Å². The third kappa shape index (κ3) is 9.08. The summed E-state index contributed by atoms with van der Waals surface area (Å²) in [6, 6.07) is -3.92. The van der Waals surface area contributed by atoms with Gasteiger partial charge in [0.25, 0.3) is 5.91 Å². The number of likely N-dealkylation sites (tertiary alicyclic amines) is 1. The zero-order chi connectivity index (χ0) is 35.8. The van der Waals surface area contributed by atoms with E-state index in [2.05, 4.69) is 29.8 Å². The maximum Gasteiger partial charge on any atom is 0.315 e. The first-order valence-corrected chi connectivity index (χ1v) is 19.5. The molecule has 1 saturated heterocycles. The van der Waals surface area contributed by atoms with Crippen molar-refractivity contribution in [2.45, 2.75) is 123 Å². The molecule has 0 bridgehead atoms. The molecule has 14 heteroatoms. The van der Waals surface area contributed by atoms with Crippen LogP contribution >= 0.6 is 0 Å². The van der Waals surface area contributed by atoms with Gasteiger partial charge in [-0.2, -0.15) is 0 Å². The summed E-state index contributed by atoms with van der Waals surface area (Å²) in [5.41, 5.74) is 4.73. The van der Waals surface area contributed by atoms with Crippen molar-refractivity contribution >= 4 is 39.6 Å². The minimum absolute atomic E-state index is 0.0450. The van der Waals surface area contributed by atoms with E-state index in [1.165, 1.54) is 11.4 Å². The fourth-order valence-electron chi connectivity index (χ4n) is 8.03. The maximum atomic E-state index is 14.7. The lowest BCUT2D eigenvalue weighted by Crippen LogP contribution is -2.61. The van der Waals surface area contributed by atoms with Crippen LogP contribution in [0.3, 0.4) is 0 Å². The van der Waals surface area contributed by atoms with Gasteiger partial charge in [0.1, 0.15) is 12.1 Å². The average Bonchev–Trinajstić information content (AvgIpc) is 3.64. The van der Waals surface area contributed by atoms with Crippen molar-refractivity contribution in [2.75, 3.05) is 26.4 Å². The van der Waals surface area contributed by atoms with E-state index in [0.29, 0.717) is 13.0 Å². The number of nitrogens with one attached hydrogen (secondary N) is 3. The quantitative estimate of drug-likeness (QED) is 0.213. The number of carbonyl (C=O) groups is 5. The van der Waals surface area contributed by atoms with E-state index in [1.807, 2.05) is 20.8 Å². The molecule has 0 radical (unpaired) electrons. The van der Waals surface area contributed by atoms with E-state index in [4.69, 9.17) is 5.73 Å². The van der Waals surface area contributed by atoms with Gasteiger partial charge in [-0.25, -0.2) is 17.5 Å². The highest BCUT2D eigenvalue weighted by Crippen LogP contribution is 2.53. The van der Waals surface area contributed by atoms with Crippen molar-refractivity contribution in [3.05, 3.63) is 0 Å². The third-order valence-corrected chi connectivity index (χ3v) is 12.8. The lowest BCUT2D eigenvalue weighted by Gasteiger charge is -2.37. The topological polar surface area (TPSA) is 188 Å². The minimum Gasteiger partial charge on any atom is -0.363 e. The number of urea groups is 1. The van der Waals surface area contributed by atoms with Crippen LogP contribution in [0.4, 0.5) is 4.79 Å². The van der Waals surface area contributed by atoms with Gasteiger partial charge in [-0.1, -0.05) is 66.7 Å². The van der Waals surface area contributed by atoms with Crippen LogP contribution < -0.4 is 21.7 Å². The van der Waals surface area contributed by atoms with Crippen molar-refractivity contribution in [1.82, 2.24) is 25.2 Å². The fraction of sp³-hybridized carbons (Fsp3) is 0.853. The third-order valence-electron chi connectivity index (χ3n) is 11.5. The Morgan fingerprint density at radius 2 is 1.58 bits per heavy atom. The van der Waals surface area contributed by atoms with Gasteiger partial charge in [0.2, 0.25) is 27.6 Å². The number of rotatable bonds is 13. The van der Waals surface area contributed by atoms with Crippen LogP contribution in [0.15, 0.2) is 0 Å². The summed E-state index contributed by atoms with van der Waals surface area (Å²) >= 11 is 0. The van der Waals surface area contributed by atoms with Gasteiger partial charge < -0.3 is 26.6 Å². The molecule has 0 aromatic rings. The van der Waals surface area contributed by atoms with Gasteiger partial charge >= 0.3 is 6.03 Å². The van der Waals surface area contributed by atoms with E-state index in [-0.39, 0.29) is 41.5 Å². The number of nitrogens with zero attached hydrogens (tertiary/aromatic N) is 2. The number of fused-ring (bicyclic) bond motifs is 1. The number of amides is 5. The molecule has 13 nitrogen and oxygen atoms in total. The largest absolute Gasteiger partial charge is 0.363 e. The molecular formula is C34H58N6O7S. The van der Waals surface area contributed by atoms with Crippen LogP contribution in [-0.2, 0) is 29.2 Å². The Labute approximate surface area is 286 Å². The summed E-state index contributed by atoms with van der Waals surface area (Å²) in [4.78, 5) is 68.8. The summed E-state index contributed by atoms with van der Waals surface area (Å²) < 4.78 is 25.6. The minimum atomic E-state index is -3.50. The molecule has 4 aliphatic rings. The molecule has 1 aliphatic heterocycles. The summed E-state index contributed by atoms with van der Waals surface area (Å²) in [7, 11) is -2.03. The van der Waals surface area contributed by atoms with Crippen molar-refractivity contribution in [2.24, 2.45) is 40.2 Å². The van der Waals surface area contributed by atoms with Crippen molar-refractivity contribution < 1.29 is 32.4 Å². The first-order chi connectivity index (χ1) is 22.2. The highest BCUT2D eigenvalue weighted by atomic mass is 32.2. The monoisotopic (exact) mass is 694 g/mol. The number of carbonyl (C=O) groups excluding carboxylic acids is 5. The number of Topliss-reactive ketones (excluding diaryl/α,β-unsaturated/α-hetero) is 1. The molecule has 4 rings (SSSR count). The van der Waals surface area contributed by atoms with E-state index >= 15 is 0 Å². The molecule has 272 valence electrons. The van der Waals surface area contributed by atoms with E-state index in [1.54, 1.807) is 4.90 Å². The highest BCUT2D eigenvalue weighted by Gasteiger charge is 2.57. The Bertz CT molecular complexity index is 1350. The van der Waals surface area contributed by atoms with E-state index in [0.717, 1.165) is 64.0 Å². The molecule has 1 heterocycles. The second-order valence-electron chi connectivity index (χ2n) is 16.7. The van der Waals surface area contributed by atoms with E-state index < -0.39 is 63.2 Å². The molecular weight excluding hydrogens is 636 g/mol. The van der Waals surface area contributed by atoms with Crippen LogP contribution in [0.25, 0.3) is 0 Å². The second-order valence-corrected chi connectivity index (χ2v) is 18.7. The van der Waals surface area contributed by atoms with Gasteiger partial charge in [0, 0.05) is 26.2 Å². The molecule has 5 amide bonds. The summed E-state index contributed by atoms with van der Waals surface area (Å²) in [5, 5.41) is 8.76. The normalized spacial score (nSPS) is 26.3. The lowest BCUT2D eigenvalue weighted by molar-refractivity contribution is -0.143. The number of likely N-dealkylation sites (N-methyl/N-ethyl adjacent to an activating group) is 1. The SMILES string of the molecule is CN(CC(NC(=O)N[C@H](C(=O)N1C[C@H]2[C@H](CCC2(C)C)[C@H]1C(=O)NC(CC1CC1)C(=O)C(N)=O)C1CCCCC1)C(C)(C)C)S(C)(=O)=O. The second kappa shape index (κ2) is 14.6. The van der Waals surface area contributed by atoms with Gasteiger partial charge in [0.05, 0.1) is 12.3 Å². The number of nitrogens with two attached hydrogens (primary N) is 1. The molecule has 2 unspecified atom stereocenters. The van der Waals surface area contributed by atoms with Crippen LogP contribution in [0, 0.1) is 34.5 Å². The van der Waals surface area contributed by atoms with Crippen LogP contribution in [-0.4, -0.2) is 97.7 Å². The number of hydrogen-bond donors (Lipinski definition) is 4. The molecule has 6 atom stereocenters. The Balaban J connectivity index is 1.61. The number of sulfonamides is 1. The molecule has 48 heavy (non-hydrogen) atoms. The number of ketones is 1. The van der Waals surface area contributed by atoms with Crippen molar-refractivity contribution in [3.8, 4) is 0 Å². The maximum absolute atomic E-state index is 14.7. The predicted molar refractivity (Wildman–Crippen MR) is 182 cm³/mol. The number of primary amides is 1. The highest BCUT2D eigenvalue weighted by molar-refractivity contribution is 7.88. The van der Waals surface area contributed by atoms with E-state index in [9.17, 15) is 32.4 Å². The Morgan fingerprint density at radius 3 is 2.12 bits per heavy atom. The molecule has 0 aromatic heterocycles. The van der Waals surface area contributed by atoms with Crippen molar-refractivity contribution in [3.63, 3.8) is 0 Å². The van der Waals surface area contributed by atoms with Crippen LogP contribution in [0.1, 0.15) is 98.8 Å². The fourth-order valence-corrected chi connectivity index (χ4v) is 8.45. The van der Waals surface area contributed by atoms with Crippen LogP contribution in [0.5, 0.6) is 0 Å². The molecule has 0 aromatic carbocycles. The Kier molecular flexibility index (Phi) is 11.6. The summed E-state index contributed by atoms with van der Waals surface area (Å²) in [5.74, 6) is -2.70. The first kappa shape index (κ1) is 38.1. The lowest BCUT2D eigenvalue weighted by atomic mass is 9.79. The average molecular weight is 695 g/mol. The molecule has 4 fully saturated rings. The van der Waals surface area contributed by atoms with Gasteiger partial charge in [0.15, 0.2) is 0 Å². The molecule has 3 aliphatic carbocycles.